The lowest BCUT2D eigenvalue weighted by Crippen LogP contribution is -2.24. The molecule has 0 spiro atoms. The topological polar surface area (TPSA) is 52.2 Å². The first-order valence-electron chi connectivity index (χ1n) is 9.47. The maximum absolute atomic E-state index is 13.2. The molecule has 0 fully saturated rings. The number of hydrogen-bond acceptors (Lipinski definition) is 4. The third-order valence-corrected chi connectivity index (χ3v) is 6.06. The van der Waals surface area contributed by atoms with Crippen LogP contribution in [0.3, 0.4) is 0 Å². The zero-order valence-electron chi connectivity index (χ0n) is 15.9. The number of pyridine rings is 1. The molecule has 0 N–H and O–H groups in total. The Balaban J connectivity index is 1.52. The van der Waals surface area contributed by atoms with E-state index in [2.05, 4.69) is 4.98 Å². The predicted molar refractivity (Wildman–Crippen MR) is 121 cm³/mol. The largest absolute Gasteiger partial charge is 0.305 e. The monoisotopic (exact) mass is 432 g/mol. The number of halogens is 1. The van der Waals surface area contributed by atoms with Gasteiger partial charge < -0.3 is 4.40 Å². The summed E-state index contributed by atoms with van der Waals surface area (Å²) in [6.07, 6.45) is 3.78. The molecular formula is C23H17ClN4OS. The molecule has 148 valence electrons. The van der Waals surface area contributed by atoms with Crippen LogP contribution < -0.4 is 5.56 Å². The second-order valence-electron chi connectivity index (χ2n) is 6.92. The van der Waals surface area contributed by atoms with E-state index in [4.69, 9.17) is 16.6 Å². The van der Waals surface area contributed by atoms with E-state index in [0.717, 1.165) is 16.9 Å². The molecule has 0 aliphatic carbocycles. The lowest BCUT2D eigenvalue weighted by molar-refractivity contribution is 0.658. The summed E-state index contributed by atoms with van der Waals surface area (Å²) in [4.78, 5) is 22.6. The predicted octanol–water partition coefficient (Wildman–Crippen LogP) is 5.04. The van der Waals surface area contributed by atoms with E-state index >= 15 is 0 Å². The third-order valence-electron chi connectivity index (χ3n) is 4.82. The number of thioether (sulfide) groups is 1. The van der Waals surface area contributed by atoms with Gasteiger partial charge in [0.15, 0.2) is 5.16 Å². The Kier molecular flexibility index (Phi) is 5.02. The molecule has 7 heteroatoms. The Bertz CT molecular complexity index is 1410. The maximum atomic E-state index is 13.2. The number of aromatic nitrogens is 4. The van der Waals surface area contributed by atoms with Crippen molar-refractivity contribution in [1.82, 2.24) is 18.9 Å². The molecule has 0 saturated carbocycles. The molecule has 2 aromatic carbocycles. The van der Waals surface area contributed by atoms with Crippen LogP contribution in [0, 0.1) is 0 Å². The number of imidazole rings is 1. The molecule has 0 radical (unpaired) electrons. The second kappa shape index (κ2) is 7.97. The summed E-state index contributed by atoms with van der Waals surface area (Å²) < 4.78 is 3.65. The first kappa shape index (κ1) is 18.9. The maximum Gasteiger partial charge on any atom is 0.262 e. The highest BCUT2D eigenvalue weighted by atomic mass is 35.5. The van der Waals surface area contributed by atoms with E-state index in [-0.39, 0.29) is 5.56 Å². The molecule has 5 aromatic rings. The molecule has 5 rings (SSSR count). The van der Waals surface area contributed by atoms with E-state index in [0.29, 0.717) is 33.4 Å². The van der Waals surface area contributed by atoms with E-state index < -0.39 is 0 Å². The van der Waals surface area contributed by atoms with Crippen LogP contribution in [-0.4, -0.2) is 18.9 Å². The van der Waals surface area contributed by atoms with Crippen molar-refractivity contribution in [3.8, 4) is 0 Å². The van der Waals surface area contributed by atoms with Gasteiger partial charge in [0.05, 0.1) is 28.2 Å². The van der Waals surface area contributed by atoms with Gasteiger partial charge in [-0.2, -0.15) is 0 Å². The summed E-state index contributed by atoms with van der Waals surface area (Å²) in [5.41, 5.74) is 3.46. The summed E-state index contributed by atoms with van der Waals surface area (Å²) in [6, 6.07) is 21.1. The molecule has 0 atom stereocenters. The molecule has 3 heterocycles. The van der Waals surface area contributed by atoms with Crippen molar-refractivity contribution in [1.29, 1.82) is 0 Å². The zero-order valence-corrected chi connectivity index (χ0v) is 17.5. The van der Waals surface area contributed by atoms with E-state index in [1.807, 2.05) is 83.5 Å². The van der Waals surface area contributed by atoms with Crippen LogP contribution >= 0.6 is 23.4 Å². The fourth-order valence-corrected chi connectivity index (χ4v) is 4.44. The van der Waals surface area contributed by atoms with Crippen LogP contribution in [0.2, 0.25) is 5.02 Å². The average molecular weight is 433 g/mol. The molecule has 0 aliphatic heterocycles. The van der Waals surface area contributed by atoms with Crippen LogP contribution in [0.25, 0.3) is 16.6 Å². The number of para-hydroxylation sites is 1. The number of benzene rings is 2. The Morgan fingerprint density at radius 2 is 1.70 bits per heavy atom. The minimum absolute atomic E-state index is 0.0336. The van der Waals surface area contributed by atoms with Crippen molar-refractivity contribution in [2.45, 2.75) is 17.5 Å². The smallest absolute Gasteiger partial charge is 0.262 e. The van der Waals surface area contributed by atoms with Crippen molar-refractivity contribution < 1.29 is 0 Å². The van der Waals surface area contributed by atoms with Gasteiger partial charge in [-0.1, -0.05) is 65.8 Å². The summed E-state index contributed by atoms with van der Waals surface area (Å²) in [7, 11) is 0. The van der Waals surface area contributed by atoms with Crippen LogP contribution in [0.5, 0.6) is 0 Å². The minimum atomic E-state index is -0.0336. The van der Waals surface area contributed by atoms with E-state index in [9.17, 15) is 4.79 Å². The Morgan fingerprint density at radius 3 is 2.57 bits per heavy atom. The third kappa shape index (κ3) is 3.72. The van der Waals surface area contributed by atoms with Gasteiger partial charge in [-0.05, 0) is 29.8 Å². The number of fused-ring (bicyclic) bond motifs is 2. The van der Waals surface area contributed by atoms with Gasteiger partial charge >= 0.3 is 0 Å². The lowest BCUT2D eigenvalue weighted by atomic mass is 10.2. The molecule has 0 saturated heterocycles. The SMILES string of the molecule is O=c1c2ccccc2nc(SCc2cn3cc(Cl)ccc3n2)n1Cc1ccccc1. The minimum Gasteiger partial charge on any atom is -0.305 e. The van der Waals surface area contributed by atoms with E-state index in [1.54, 1.807) is 4.57 Å². The molecule has 0 unspecified atom stereocenters. The highest BCUT2D eigenvalue weighted by molar-refractivity contribution is 7.98. The highest BCUT2D eigenvalue weighted by Gasteiger charge is 2.13. The fraction of sp³-hybridized carbons (Fsp3) is 0.0870. The Morgan fingerprint density at radius 1 is 0.900 bits per heavy atom. The van der Waals surface area contributed by atoms with Gasteiger partial charge in [0, 0.05) is 18.1 Å². The first-order valence-corrected chi connectivity index (χ1v) is 10.8. The van der Waals surface area contributed by atoms with Crippen LogP contribution in [0.4, 0.5) is 0 Å². The van der Waals surface area contributed by atoms with Gasteiger partial charge in [-0.3, -0.25) is 9.36 Å². The molecule has 5 nitrogen and oxygen atoms in total. The molecule has 30 heavy (non-hydrogen) atoms. The molecule has 0 amide bonds. The van der Waals surface area contributed by atoms with Crippen molar-refractivity contribution in [3.63, 3.8) is 0 Å². The van der Waals surface area contributed by atoms with Crippen LogP contribution in [0.15, 0.2) is 89.1 Å². The van der Waals surface area contributed by atoms with Crippen molar-refractivity contribution >= 4 is 39.9 Å². The highest BCUT2D eigenvalue weighted by Crippen LogP contribution is 2.23. The summed E-state index contributed by atoms with van der Waals surface area (Å²) in [5.74, 6) is 0.596. The quantitative estimate of drug-likeness (QED) is 0.288. The summed E-state index contributed by atoms with van der Waals surface area (Å²) >= 11 is 7.58. The zero-order chi connectivity index (χ0) is 20.5. The molecular weight excluding hydrogens is 416 g/mol. The number of rotatable bonds is 5. The van der Waals surface area contributed by atoms with Gasteiger partial charge in [-0.25, -0.2) is 9.97 Å². The van der Waals surface area contributed by atoms with Crippen molar-refractivity contribution in [2.75, 3.05) is 0 Å². The van der Waals surface area contributed by atoms with Gasteiger partial charge in [0.2, 0.25) is 0 Å². The normalized spacial score (nSPS) is 11.4. The fourth-order valence-electron chi connectivity index (χ4n) is 3.39. The Hall–Kier alpha value is -3.09. The van der Waals surface area contributed by atoms with Crippen molar-refractivity contribution in [3.05, 3.63) is 106 Å². The summed E-state index contributed by atoms with van der Waals surface area (Å²) in [6.45, 7) is 0.473. The van der Waals surface area contributed by atoms with Gasteiger partial charge in [0.1, 0.15) is 5.65 Å². The average Bonchev–Trinajstić information content (AvgIpc) is 3.17. The standard InChI is InChI=1S/C23H17ClN4OS/c24-17-10-11-21-25-18(14-27(21)13-17)15-30-23-26-20-9-5-4-8-19(20)22(29)28(23)12-16-6-2-1-3-7-16/h1-11,13-14H,12,15H2. The molecule has 0 aliphatic rings. The number of nitrogens with zero attached hydrogens (tertiary/aromatic N) is 4. The molecule has 0 bridgehead atoms. The second-order valence-corrected chi connectivity index (χ2v) is 8.30. The number of hydrogen-bond donors (Lipinski definition) is 0. The van der Waals surface area contributed by atoms with Crippen LogP contribution in [0.1, 0.15) is 11.3 Å². The van der Waals surface area contributed by atoms with Gasteiger partial charge in [0.25, 0.3) is 5.56 Å². The van der Waals surface area contributed by atoms with E-state index in [1.165, 1.54) is 11.8 Å². The van der Waals surface area contributed by atoms with Crippen LogP contribution in [-0.2, 0) is 12.3 Å². The van der Waals surface area contributed by atoms with Crippen molar-refractivity contribution in [2.24, 2.45) is 0 Å². The molecule has 3 aromatic heterocycles. The van der Waals surface area contributed by atoms with Gasteiger partial charge in [-0.15, -0.1) is 0 Å². The Labute approximate surface area is 182 Å². The lowest BCUT2D eigenvalue weighted by Gasteiger charge is -2.13. The summed E-state index contributed by atoms with van der Waals surface area (Å²) in [5, 5.41) is 1.96. The first-order chi connectivity index (χ1) is 14.7.